The van der Waals surface area contributed by atoms with E-state index < -0.39 is 35.8 Å². The van der Waals surface area contributed by atoms with Gasteiger partial charge in [-0.3, -0.25) is 14.4 Å². The highest BCUT2D eigenvalue weighted by Crippen LogP contribution is 2.30. The molecule has 8 heteroatoms. The van der Waals surface area contributed by atoms with Crippen molar-refractivity contribution in [2.24, 2.45) is 5.92 Å². The van der Waals surface area contributed by atoms with Crippen LogP contribution in [0.3, 0.4) is 0 Å². The van der Waals surface area contributed by atoms with Crippen molar-refractivity contribution in [1.82, 2.24) is 5.32 Å². The van der Waals surface area contributed by atoms with Crippen LogP contribution in [0, 0.1) is 5.92 Å². The molecule has 0 radical (unpaired) electrons. The molecule has 0 aromatic carbocycles. The van der Waals surface area contributed by atoms with Gasteiger partial charge in [0.2, 0.25) is 5.91 Å². The van der Waals surface area contributed by atoms with E-state index in [1.54, 1.807) is 6.92 Å². The average Bonchev–Trinajstić information content (AvgIpc) is 2.35. The van der Waals surface area contributed by atoms with Crippen LogP contribution in [0.2, 0.25) is 0 Å². The second kappa shape index (κ2) is 7.61. The van der Waals surface area contributed by atoms with Gasteiger partial charge < -0.3 is 19.5 Å². The topological polar surface area (TPSA) is 90.9 Å². The lowest BCUT2D eigenvalue weighted by Gasteiger charge is -2.43. The number of hydrogen-bond acceptors (Lipinski definition) is 6. The molecule has 1 aliphatic heterocycles. The number of ether oxygens (including phenoxy) is 3. The van der Waals surface area contributed by atoms with Gasteiger partial charge in [0, 0.05) is 26.7 Å². The summed E-state index contributed by atoms with van der Waals surface area (Å²) < 4.78 is 15.7. The molecule has 1 fully saturated rings. The predicted octanol–water partition coefficient (Wildman–Crippen LogP) is 0.586. The smallest absolute Gasteiger partial charge is 0.302 e. The second-order valence-electron chi connectivity index (χ2n) is 4.99. The van der Waals surface area contributed by atoms with Gasteiger partial charge in [-0.2, -0.15) is 0 Å². The molecule has 1 amide bonds. The number of carbonyl (C=O) groups excluding carboxylic acids is 3. The van der Waals surface area contributed by atoms with Crippen LogP contribution in [0.5, 0.6) is 0 Å². The van der Waals surface area contributed by atoms with Gasteiger partial charge in [-0.15, -0.1) is 0 Å². The Morgan fingerprint density at radius 1 is 1.19 bits per heavy atom. The Morgan fingerprint density at radius 2 is 1.81 bits per heavy atom. The quantitative estimate of drug-likeness (QED) is 0.602. The molecule has 1 heterocycles. The van der Waals surface area contributed by atoms with Crippen molar-refractivity contribution in [1.29, 1.82) is 0 Å². The minimum Gasteiger partial charge on any atom is -0.463 e. The molecule has 120 valence electrons. The van der Waals surface area contributed by atoms with Crippen molar-refractivity contribution in [3.05, 3.63) is 0 Å². The first-order valence-electron chi connectivity index (χ1n) is 6.59. The summed E-state index contributed by atoms with van der Waals surface area (Å²) in [6.07, 6.45) is -1.19. The lowest BCUT2D eigenvalue weighted by molar-refractivity contribution is -0.181. The Balaban J connectivity index is 2.87. The first kappa shape index (κ1) is 17.7. The molecule has 0 saturated carbocycles. The number of hydrogen-bond donors (Lipinski definition) is 1. The van der Waals surface area contributed by atoms with E-state index >= 15 is 0 Å². The van der Waals surface area contributed by atoms with E-state index in [4.69, 9.17) is 25.8 Å². The Bertz CT molecular complexity index is 415. The highest BCUT2D eigenvalue weighted by molar-refractivity contribution is 6.20. The fraction of sp³-hybridized carbons (Fsp3) is 0.769. The summed E-state index contributed by atoms with van der Waals surface area (Å²) >= 11 is 6.11. The van der Waals surface area contributed by atoms with Crippen molar-refractivity contribution in [3.8, 4) is 0 Å². The molecular formula is C13H20ClNO6. The molecular weight excluding hydrogens is 302 g/mol. The minimum absolute atomic E-state index is 0.00424. The Hall–Kier alpha value is -1.34. The van der Waals surface area contributed by atoms with Gasteiger partial charge in [0.05, 0.1) is 6.10 Å². The van der Waals surface area contributed by atoms with Crippen molar-refractivity contribution < 1.29 is 28.6 Å². The Kier molecular flexibility index (Phi) is 6.42. The third-order valence-corrected chi connectivity index (χ3v) is 3.54. The van der Waals surface area contributed by atoms with Crippen LogP contribution in [0.1, 0.15) is 27.7 Å². The summed E-state index contributed by atoms with van der Waals surface area (Å²) in [7, 11) is 0. The zero-order valence-corrected chi connectivity index (χ0v) is 13.2. The number of carbonyl (C=O) groups is 3. The molecule has 1 aliphatic rings. The first-order chi connectivity index (χ1) is 9.72. The molecule has 5 atom stereocenters. The summed E-state index contributed by atoms with van der Waals surface area (Å²) in [5.41, 5.74) is -0.894. The molecule has 1 N–H and O–H groups in total. The number of nitrogens with one attached hydrogen (secondary N) is 1. The molecule has 1 saturated heterocycles. The zero-order chi connectivity index (χ0) is 16.2. The summed E-state index contributed by atoms with van der Waals surface area (Å²) in [6.45, 7) is 5.68. The normalized spacial score (nSPS) is 32.1. The number of amides is 1. The van der Waals surface area contributed by atoms with Gasteiger partial charge in [-0.05, 0) is 0 Å². The molecule has 0 aromatic rings. The third kappa shape index (κ3) is 5.17. The monoisotopic (exact) mass is 321 g/mol. The lowest BCUT2D eigenvalue weighted by Crippen LogP contribution is -2.60. The van der Waals surface area contributed by atoms with Crippen LogP contribution < -0.4 is 5.32 Å². The maximum atomic E-state index is 11.3. The Morgan fingerprint density at radius 3 is 2.29 bits per heavy atom. The summed E-state index contributed by atoms with van der Waals surface area (Å²) in [5, 5.41) is 2.62. The molecule has 0 aromatic heterocycles. The van der Waals surface area contributed by atoms with Gasteiger partial charge in [0.15, 0.2) is 5.56 Å². The van der Waals surface area contributed by atoms with Crippen LogP contribution in [-0.4, -0.2) is 48.3 Å². The van der Waals surface area contributed by atoms with E-state index in [1.807, 2.05) is 0 Å². The van der Waals surface area contributed by atoms with Crippen LogP contribution in [-0.2, 0) is 28.6 Å². The Labute approximate surface area is 128 Å². The van der Waals surface area contributed by atoms with E-state index in [2.05, 4.69) is 5.32 Å². The summed E-state index contributed by atoms with van der Waals surface area (Å²) in [4.78, 5) is 33.4. The molecule has 0 spiro atoms. The standard InChI is InChI=1S/C13H20ClNO6/c1-6-10(5-19-8(3)17)21-13(14)11(15-7(2)16)12(6)20-9(4)18/h6,10-13H,5H2,1-4H3,(H,15,16)/t6-,10?,11?,12+,13+/m0/s1. The third-order valence-electron chi connectivity index (χ3n) is 3.17. The van der Waals surface area contributed by atoms with Crippen LogP contribution in [0.4, 0.5) is 0 Å². The summed E-state index contributed by atoms with van der Waals surface area (Å²) in [5.74, 6) is -1.54. The van der Waals surface area contributed by atoms with Crippen LogP contribution >= 0.6 is 11.6 Å². The summed E-state index contributed by atoms with van der Waals surface area (Å²) in [6, 6.07) is -0.670. The minimum atomic E-state index is -0.894. The fourth-order valence-electron chi connectivity index (χ4n) is 2.21. The van der Waals surface area contributed by atoms with E-state index in [9.17, 15) is 14.4 Å². The predicted molar refractivity (Wildman–Crippen MR) is 73.5 cm³/mol. The van der Waals surface area contributed by atoms with E-state index in [-0.39, 0.29) is 18.4 Å². The number of esters is 2. The SMILES string of the molecule is CC(=O)NC1[C@H](Cl)OC(COC(C)=O)[C@H](C)[C@H]1OC(C)=O. The molecule has 0 aliphatic carbocycles. The van der Waals surface area contributed by atoms with Gasteiger partial charge in [0.25, 0.3) is 0 Å². The largest absolute Gasteiger partial charge is 0.463 e. The van der Waals surface area contributed by atoms with Crippen LogP contribution in [0.15, 0.2) is 0 Å². The van der Waals surface area contributed by atoms with Gasteiger partial charge in [-0.25, -0.2) is 0 Å². The highest BCUT2D eigenvalue weighted by Gasteiger charge is 2.45. The fourth-order valence-corrected chi connectivity index (χ4v) is 2.55. The maximum absolute atomic E-state index is 11.3. The van der Waals surface area contributed by atoms with Crippen molar-refractivity contribution in [3.63, 3.8) is 0 Å². The zero-order valence-electron chi connectivity index (χ0n) is 12.4. The molecule has 1 rings (SSSR count). The van der Waals surface area contributed by atoms with Gasteiger partial charge in [-0.1, -0.05) is 18.5 Å². The van der Waals surface area contributed by atoms with E-state index in [0.29, 0.717) is 0 Å². The van der Waals surface area contributed by atoms with Crippen LogP contribution in [0.25, 0.3) is 0 Å². The van der Waals surface area contributed by atoms with Crippen molar-refractivity contribution in [2.45, 2.75) is 51.5 Å². The number of halogens is 1. The lowest BCUT2D eigenvalue weighted by atomic mass is 9.90. The first-order valence-corrected chi connectivity index (χ1v) is 7.03. The second-order valence-corrected chi connectivity index (χ2v) is 5.42. The van der Waals surface area contributed by atoms with Gasteiger partial charge in [0.1, 0.15) is 18.8 Å². The number of alkyl halides is 1. The molecule has 0 bridgehead atoms. The van der Waals surface area contributed by atoms with Gasteiger partial charge >= 0.3 is 11.9 Å². The molecule has 7 nitrogen and oxygen atoms in total. The number of rotatable bonds is 4. The maximum Gasteiger partial charge on any atom is 0.302 e. The molecule has 21 heavy (non-hydrogen) atoms. The van der Waals surface area contributed by atoms with Crippen molar-refractivity contribution in [2.75, 3.05) is 6.61 Å². The van der Waals surface area contributed by atoms with Crippen molar-refractivity contribution >= 4 is 29.4 Å². The average molecular weight is 322 g/mol. The van der Waals surface area contributed by atoms with E-state index in [1.165, 1.54) is 20.8 Å². The van der Waals surface area contributed by atoms with E-state index in [0.717, 1.165) is 0 Å². The highest BCUT2D eigenvalue weighted by atomic mass is 35.5. The molecule has 2 unspecified atom stereocenters.